The average molecular weight is 310 g/mol. The number of nitrogens with zero attached hydrogens (tertiary/aromatic N) is 1. The van der Waals surface area contributed by atoms with Gasteiger partial charge in [-0.1, -0.05) is 12.1 Å². The van der Waals surface area contributed by atoms with Crippen molar-refractivity contribution in [3.8, 4) is 0 Å². The molecule has 0 atom stereocenters. The summed E-state index contributed by atoms with van der Waals surface area (Å²) in [7, 11) is 0. The lowest BCUT2D eigenvalue weighted by molar-refractivity contribution is 0.0541. The van der Waals surface area contributed by atoms with Crippen molar-refractivity contribution in [2.24, 2.45) is 0 Å². The highest BCUT2D eigenvalue weighted by molar-refractivity contribution is 9.10. The minimum Gasteiger partial charge on any atom is -0.443 e. The van der Waals surface area contributed by atoms with Crippen molar-refractivity contribution >= 4 is 32.9 Å². The monoisotopic (exact) mass is 309 g/mol. The number of carbonyl (C=O) groups is 1. The summed E-state index contributed by atoms with van der Waals surface area (Å²) in [6, 6.07) is 7.91. The van der Waals surface area contributed by atoms with Crippen LogP contribution in [0.25, 0.3) is 10.9 Å². The van der Waals surface area contributed by atoms with Gasteiger partial charge in [0.25, 0.3) is 0 Å². The van der Waals surface area contributed by atoms with E-state index >= 15 is 0 Å². The van der Waals surface area contributed by atoms with Crippen molar-refractivity contribution in [2.45, 2.75) is 33.3 Å². The Morgan fingerprint density at radius 2 is 1.94 bits per heavy atom. The van der Waals surface area contributed by atoms with Gasteiger partial charge in [0, 0.05) is 5.39 Å². The zero-order valence-corrected chi connectivity index (χ0v) is 12.5. The maximum Gasteiger partial charge on any atom is 0.419 e. The number of rotatable bonds is 0. The van der Waals surface area contributed by atoms with Crippen molar-refractivity contribution in [3.63, 3.8) is 0 Å². The molecule has 0 amide bonds. The Morgan fingerprint density at radius 3 is 2.56 bits per heavy atom. The molecule has 0 fully saturated rings. The highest BCUT2D eigenvalue weighted by Crippen LogP contribution is 2.26. The fourth-order valence-corrected chi connectivity index (χ4v) is 2.35. The van der Waals surface area contributed by atoms with Crippen LogP contribution in [0.1, 0.15) is 26.3 Å². The van der Waals surface area contributed by atoms with Gasteiger partial charge in [-0.25, -0.2) is 9.36 Å². The van der Waals surface area contributed by atoms with Gasteiger partial charge in [-0.3, -0.25) is 0 Å². The standard InChI is InChI=1S/C14H16BrNO2/c1-9-5-6-10-8-12(15)16(11(10)7-9)13(17)18-14(2,3)4/h5-8H,1-4H3. The first-order valence-electron chi connectivity index (χ1n) is 5.79. The number of benzene rings is 1. The minimum atomic E-state index is -0.503. The third kappa shape index (κ3) is 2.58. The van der Waals surface area contributed by atoms with Gasteiger partial charge >= 0.3 is 6.09 Å². The fourth-order valence-electron chi connectivity index (χ4n) is 1.77. The molecule has 0 unspecified atom stereocenters. The number of halogens is 1. The molecule has 0 aliphatic heterocycles. The van der Waals surface area contributed by atoms with Crippen LogP contribution in [0.5, 0.6) is 0 Å². The number of hydrogen-bond donors (Lipinski definition) is 0. The molecule has 0 N–H and O–H groups in total. The van der Waals surface area contributed by atoms with Gasteiger partial charge in [-0.05, 0) is 61.3 Å². The predicted octanol–water partition coefficient (Wildman–Crippen LogP) is 4.50. The number of aromatic nitrogens is 1. The van der Waals surface area contributed by atoms with Crippen molar-refractivity contribution < 1.29 is 9.53 Å². The van der Waals surface area contributed by atoms with Crippen LogP contribution in [-0.2, 0) is 4.74 Å². The van der Waals surface area contributed by atoms with E-state index in [-0.39, 0.29) is 6.09 Å². The number of ether oxygens (including phenoxy) is 1. The van der Waals surface area contributed by atoms with Gasteiger partial charge in [0.2, 0.25) is 0 Å². The van der Waals surface area contributed by atoms with Gasteiger partial charge in [0.05, 0.1) is 10.1 Å². The molecular weight excluding hydrogens is 294 g/mol. The Hall–Kier alpha value is -1.29. The van der Waals surface area contributed by atoms with Crippen LogP contribution in [-0.4, -0.2) is 16.3 Å². The van der Waals surface area contributed by atoms with E-state index in [0.717, 1.165) is 16.5 Å². The highest BCUT2D eigenvalue weighted by Gasteiger charge is 2.21. The van der Waals surface area contributed by atoms with Crippen molar-refractivity contribution in [1.82, 2.24) is 4.57 Å². The smallest absolute Gasteiger partial charge is 0.419 e. The third-order valence-electron chi connectivity index (χ3n) is 2.49. The summed E-state index contributed by atoms with van der Waals surface area (Å²) >= 11 is 3.40. The molecule has 1 heterocycles. The molecule has 0 saturated carbocycles. The normalized spacial score (nSPS) is 11.8. The molecule has 0 bridgehead atoms. The zero-order valence-electron chi connectivity index (χ0n) is 11.0. The van der Waals surface area contributed by atoms with E-state index in [4.69, 9.17) is 4.74 Å². The van der Waals surface area contributed by atoms with Gasteiger partial charge < -0.3 is 4.74 Å². The van der Waals surface area contributed by atoms with Crippen molar-refractivity contribution in [1.29, 1.82) is 0 Å². The van der Waals surface area contributed by atoms with Crippen LogP contribution in [0.3, 0.4) is 0 Å². The lowest BCUT2D eigenvalue weighted by Gasteiger charge is -2.20. The van der Waals surface area contributed by atoms with Gasteiger partial charge in [-0.15, -0.1) is 0 Å². The summed E-state index contributed by atoms with van der Waals surface area (Å²) in [5, 5.41) is 1.01. The van der Waals surface area contributed by atoms with Gasteiger partial charge in [0.1, 0.15) is 5.60 Å². The van der Waals surface area contributed by atoms with Crippen LogP contribution in [0.15, 0.2) is 28.9 Å². The number of aryl methyl sites for hydroxylation is 1. The fraction of sp³-hybridized carbons (Fsp3) is 0.357. The van der Waals surface area contributed by atoms with Crippen LogP contribution in [0.4, 0.5) is 4.79 Å². The molecule has 1 aromatic carbocycles. The molecule has 18 heavy (non-hydrogen) atoms. The maximum absolute atomic E-state index is 12.2. The largest absolute Gasteiger partial charge is 0.443 e. The SMILES string of the molecule is Cc1ccc2cc(Br)n(C(=O)OC(C)(C)C)c2c1. The lowest BCUT2D eigenvalue weighted by Crippen LogP contribution is -2.27. The molecule has 0 aliphatic carbocycles. The molecule has 0 spiro atoms. The van der Waals surface area contributed by atoms with E-state index in [0.29, 0.717) is 4.60 Å². The number of carbonyl (C=O) groups excluding carboxylic acids is 1. The molecule has 4 heteroatoms. The van der Waals surface area contributed by atoms with E-state index in [9.17, 15) is 4.79 Å². The first-order chi connectivity index (χ1) is 8.28. The molecule has 0 saturated heterocycles. The summed E-state index contributed by atoms with van der Waals surface area (Å²) in [4.78, 5) is 12.2. The summed E-state index contributed by atoms with van der Waals surface area (Å²) in [5.74, 6) is 0. The second kappa shape index (κ2) is 4.43. The van der Waals surface area contributed by atoms with Crippen molar-refractivity contribution in [2.75, 3.05) is 0 Å². The predicted molar refractivity (Wildman–Crippen MR) is 76.0 cm³/mol. The minimum absolute atomic E-state index is 0.366. The molecule has 3 nitrogen and oxygen atoms in total. The molecule has 0 radical (unpaired) electrons. The van der Waals surface area contributed by atoms with Crippen LogP contribution in [0, 0.1) is 6.92 Å². The summed E-state index contributed by atoms with van der Waals surface area (Å²) < 4.78 is 7.66. The Balaban J connectivity index is 2.53. The Labute approximate surface area is 115 Å². The Kier molecular flexibility index (Phi) is 3.23. The molecule has 96 valence electrons. The maximum atomic E-state index is 12.2. The molecule has 2 aromatic rings. The van der Waals surface area contributed by atoms with E-state index in [1.807, 2.05) is 52.0 Å². The topological polar surface area (TPSA) is 31.2 Å². The first-order valence-corrected chi connectivity index (χ1v) is 6.58. The Morgan fingerprint density at radius 1 is 1.28 bits per heavy atom. The lowest BCUT2D eigenvalue weighted by atomic mass is 10.2. The molecule has 2 rings (SSSR count). The average Bonchev–Trinajstić information content (AvgIpc) is 2.50. The van der Waals surface area contributed by atoms with Crippen LogP contribution < -0.4 is 0 Å². The van der Waals surface area contributed by atoms with Gasteiger partial charge in [-0.2, -0.15) is 0 Å². The zero-order chi connectivity index (χ0) is 13.5. The quantitative estimate of drug-likeness (QED) is 0.717. The molecular formula is C14H16BrNO2. The highest BCUT2D eigenvalue weighted by atomic mass is 79.9. The summed E-state index contributed by atoms with van der Waals surface area (Å²) in [6.45, 7) is 7.57. The van der Waals surface area contributed by atoms with Crippen LogP contribution in [0.2, 0.25) is 0 Å². The Bertz CT molecular complexity index is 608. The third-order valence-corrected chi connectivity index (χ3v) is 3.07. The van der Waals surface area contributed by atoms with Crippen LogP contribution >= 0.6 is 15.9 Å². The molecule has 0 aliphatic rings. The van der Waals surface area contributed by atoms with E-state index in [1.54, 1.807) is 4.57 Å². The van der Waals surface area contributed by atoms with E-state index in [2.05, 4.69) is 15.9 Å². The van der Waals surface area contributed by atoms with E-state index < -0.39 is 5.60 Å². The number of fused-ring (bicyclic) bond motifs is 1. The van der Waals surface area contributed by atoms with Gasteiger partial charge in [0.15, 0.2) is 0 Å². The summed E-state index contributed by atoms with van der Waals surface area (Å²) in [5.41, 5.74) is 1.46. The van der Waals surface area contributed by atoms with E-state index in [1.165, 1.54) is 0 Å². The number of hydrogen-bond acceptors (Lipinski definition) is 2. The first kappa shape index (κ1) is 13.1. The second-order valence-corrected chi connectivity index (χ2v) is 6.16. The summed E-state index contributed by atoms with van der Waals surface area (Å²) in [6.07, 6.45) is -0.366. The van der Waals surface area contributed by atoms with Crippen molar-refractivity contribution in [3.05, 3.63) is 34.4 Å². The molecule has 1 aromatic heterocycles. The second-order valence-electron chi connectivity index (χ2n) is 5.35.